The number of halogens is 1. The molecule has 1 aliphatic heterocycles. The summed E-state index contributed by atoms with van der Waals surface area (Å²) in [6.45, 7) is 1.70. The van der Waals surface area contributed by atoms with E-state index < -0.39 is 0 Å². The first-order chi connectivity index (χ1) is 10.2. The number of rotatable bonds is 3. The Kier molecular flexibility index (Phi) is 4.22. The Labute approximate surface area is 127 Å². The lowest BCUT2D eigenvalue weighted by Crippen LogP contribution is -2.43. The van der Waals surface area contributed by atoms with E-state index in [1.165, 1.54) is 0 Å². The standard InChI is InChI=1S/C15H16ClN3O2/c16-12-3-1-2-11(8-12)14-10-19(6-7-21-14)15(20)9-13-4-5-17-18-13/h1-5,8,14H,6-7,9-10H2,(H,17,18)/t14-/m0/s1. The van der Waals surface area contributed by atoms with E-state index in [2.05, 4.69) is 10.2 Å². The summed E-state index contributed by atoms with van der Waals surface area (Å²) in [6, 6.07) is 9.39. The van der Waals surface area contributed by atoms with Gasteiger partial charge in [0.15, 0.2) is 0 Å². The molecule has 6 heteroatoms. The number of hydrogen-bond acceptors (Lipinski definition) is 3. The van der Waals surface area contributed by atoms with Gasteiger partial charge in [0.25, 0.3) is 0 Å². The van der Waals surface area contributed by atoms with Crippen LogP contribution in [0.25, 0.3) is 0 Å². The average molecular weight is 306 g/mol. The lowest BCUT2D eigenvalue weighted by molar-refractivity contribution is -0.138. The summed E-state index contributed by atoms with van der Waals surface area (Å²) in [5.74, 6) is 0.0783. The molecule has 1 aliphatic rings. The van der Waals surface area contributed by atoms with Crippen molar-refractivity contribution in [2.75, 3.05) is 19.7 Å². The van der Waals surface area contributed by atoms with E-state index in [0.717, 1.165) is 11.3 Å². The van der Waals surface area contributed by atoms with Crippen molar-refractivity contribution in [3.05, 3.63) is 52.8 Å². The van der Waals surface area contributed by atoms with E-state index in [1.54, 1.807) is 6.20 Å². The monoisotopic (exact) mass is 305 g/mol. The zero-order valence-corrected chi connectivity index (χ0v) is 12.2. The molecular weight excluding hydrogens is 290 g/mol. The maximum Gasteiger partial charge on any atom is 0.228 e. The van der Waals surface area contributed by atoms with Crippen molar-refractivity contribution in [1.29, 1.82) is 0 Å². The number of benzene rings is 1. The van der Waals surface area contributed by atoms with Crippen molar-refractivity contribution in [2.24, 2.45) is 0 Å². The number of carbonyl (C=O) groups is 1. The number of nitrogens with one attached hydrogen (secondary N) is 1. The molecule has 2 heterocycles. The van der Waals surface area contributed by atoms with Gasteiger partial charge in [0.05, 0.1) is 19.6 Å². The largest absolute Gasteiger partial charge is 0.370 e. The highest BCUT2D eigenvalue weighted by Crippen LogP contribution is 2.24. The van der Waals surface area contributed by atoms with Gasteiger partial charge in [-0.2, -0.15) is 5.10 Å². The fourth-order valence-electron chi connectivity index (χ4n) is 2.44. The molecule has 1 N–H and O–H groups in total. The molecule has 1 saturated heterocycles. The van der Waals surface area contributed by atoms with Crippen LogP contribution in [0.3, 0.4) is 0 Å². The summed E-state index contributed by atoms with van der Waals surface area (Å²) in [6.07, 6.45) is 1.86. The third-order valence-electron chi connectivity index (χ3n) is 3.54. The number of aromatic amines is 1. The van der Waals surface area contributed by atoms with Crippen molar-refractivity contribution in [3.63, 3.8) is 0 Å². The molecule has 0 saturated carbocycles. The van der Waals surface area contributed by atoms with E-state index in [1.807, 2.05) is 35.2 Å². The quantitative estimate of drug-likeness (QED) is 0.946. The maximum atomic E-state index is 12.3. The van der Waals surface area contributed by atoms with Crippen LogP contribution >= 0.6 is 11.6 Å². The van der Waals surface area contributed by atoms with Gasteiger partial charge in [-0.05, 0) is 23.8 Å². The molecule has 2 aromatic rings. The second-order valence-electron chi connectivity index (χ2n) is 5.01. The maximum absolute atomic E-state index is 12.3. The molecule has 0 aliphatic carbocycles. The van der Waals surface area contributed by atoms with Gasteiger partial charge in [-0.1, -0.05) is 23.7 Å². The van der Waals surface area contributed by atoms with Crippen molar-refractivity contribution in [3.8, 4) is 0 Å². The fourth-order valence-corrected chi connectivity index (χ4v) is 2.64. The minimum atomic E-state index is -0.122. The predicted octanol–water partition coefficient (Wildman–Crippen LogP) is 2.21. The summed E-state index contributed by atoms with van der Waals surface area (Å²) >= 11 is 6.01. The first-order valence-electron chi connectivity index (χ1n) is 6.85. The zero-order chi connectivity index (χ0) is 14.7. The average Bonchev–Trinajstić information content (AvgIpc) is 3.00. The van der Waals surface area contributed by atoms with E-state index in [4.69, 9.17) is 16.3 Å². The minimum Gasteiger partial charge on any atom is -0.370 e. The van der Waals surface area contributed by atoms with Crippen molar-refractivity contribution in [1.82, 2.24) is 15.1 Å². The first kappa shape index (κ1) is 14.1. The number of ether oxygens (including phenoxy) is 1. The van der Waals surface area contributed by atoms with Crippen LogP contribution in [0.4, 0.5) is 0 Å². The molecule has 21 heavy (non-hydrogen) atoms. The van der Waals surface area contributed by atoms with Crippen LogP contribution in [0.5, 0.6) is 0 Å². The Morgan fingerprint density at radius 1 is 1.48 bits per heavy atom. The Morgan fingerprint density at radius 2 is 2.38 bits per heavy atom. The SMILES string of the molecule is O=C(Cc1ccn[nH]1)N1CCO[C@H](c2cccc(Cl)c2)C1. The van der Waals surface area contributed by atoms with Crippen LogP contribution in [0.15, 0.2) is 36.5 Å². The molecule has 1 fully saturated rings. The highest BCUT2D eigenvalue weighted by atomic mass is 35.5. The number of morpholine rings is 1. The number of nitrogens with zero attached hydrogens (tertiary/aromatic N) is 2. The summed E-state index contributed by atoms with van der Waals surface area (Å²) in [4.78, 5) is 14.1. The van der Waals surface area contributed by atoms with E-state index in [-0.39, 0.29) is 12.0 Å². The van der Waals surface area contributed by atoms with Crippen LogP contribution in [0, 0.1) is 0 Å². The minimum absolute atomic E-state index is 0.0783. The van der Waals surface area contributed by atoms with Crippen molar-refractivity contribution < 1.29 is 9.53 Å². The molecule has 3 rings (SSSR count). The first-order valence-corrected chi connectivity index (χ1v) is 7.23. The molecule has 0 bridgehead atoms. The third kappa shape index (κ3) is 3.43. The van der Waals surface area contributed by atoms with Gasteiger partial charge in [-0.3, -0.25) is 9.89 Å². The van der Waals surface area contributed by atoms with Gasteiger partial charge < -0.3 is 9.64 Å². The highest BCUT2D eigenvalue weighted by molar-refractivity contribution is 6.30. The van der Waals surface area contributed by atoms with Gasteiger partial charge in [0, 0.05) is 23.5 Å². The van der Waals surface area contributed by atoms with Crippen LogP contribution in [0.2, 0.25) is 5.02 Å². The molecule has 0 radical (unpaired) electrons. The van der Waals surface area contributed by atoms with Crippen LogP contribution in [-0.2, 0) is 16.0 Å². The number of amides is 1. The second-order valence-corrected chi connectivity index (χ2v) is 5.45. The number of hydrogen-bond donors (Lipinski definition) is 1. The van der Waals surface area contributed by atoms with Gasteiger partial charge in [-0.25, -0.2) is 0 Å². The molecule has 1 atom stereocenters. The zero-order valence-electron chi connectivity index (χ0n) is 11.5. The second kappa shape index (κ2) is 6.28. The van der Waals surface area contributed by atoms with E-state index in [9.17, 15) is 4.79 Å². The molecule has 110 valence electrons. The van der Waals surface area contributed by atoms with Crippen LogP contribution < -0.4 is 0 Å². The number of aromatic nitrogens is 2. The summed E-state index contributed by atoms with van der Waals surface area (Å²) in [5, 5.41) is 7.35. The summed E-state index contributed by atoms with van der Waals surface area (Å²) < 4.78 is 5.76. The van der Waals surface area contributed by atoms with Crippen LogP contribution in [-0.4, -0.2) is 40.7 Å². The van der Waals surface area contributed by atoms with Gasteiger partial charge in [0.1, 0.15) is 6.10 Å². The Hall–Kier alpha value is -1.85. The molecule has 1 amide bonds. The van der Waals surface area contributed by atoms with Gasteiger partial charge in [0.2, 0.25) is 5.91 Å². The van der Waals surface area contributed by atoms with E-state index >= 15 is 0 Å². The molecular formula is C15H16ClN3O2. The Balaban J connectivity index is 1.66. The van der Waals surface area contributed by atoms with Gasteiger partial charge in [-0.15, -0.1) is 0 Å². The lowest BCUT2D eigenvalue weighted by Gasteiger charge is -2.33. The Morgan fingerprint density at radius 3 is 3.14 bits per heavy atom. The van der Waals surface area contributed by atoms with Crippen molar-refractivity contribution >= 4 is 17.5 Å². The fraction of sp³-hybridized carbons (Fsp3) is 0.333. The highest BCUT2D eigenvalue weighted by Gasteiger charge is 2.25. The van der Waals surface area contributed by atoms with Crippen molar-refractivity contribution in [2.45, 2.75) is 12.5 Å². The molecule has 1 aromatic heterocycles. The predicted molar refractivity (Wildman–Crippen MR) is 79.0 cm³/mol. The Bertz CT molecular complexity index is 615. The third-order valence-corrected chi connectivity index (χ3v) is 3.77. The van der Waals surface area contributed by atoms with E-state index in [0.29, 0.717) is 31.1 Å². The molecule has 0 spiro atoms. The van der Waals surface area contributed by atoms with Gasteiger partial charge >= 0.3 is 0 Å². The molecule has 5 nitrogen and oxygen atoms in total. The molecule has 1 aromatic carbocycles. The molecule has 0 unspecified atom stereocenters. The number of carbonyl (C=O) groups excluding carboxylic acids is 1. The lowest BCUT2D eigenvalue weighted by atomic mass is 10.1. The smallest absolute Gasteiger partial charge is 0.228 e. The topological polar surface area (TPSA) is 58.2 Å². The normalized spacial score (nSPS) is 18.7. The van der Waals surface area contributed by atoms with Crippen LogP contribution in [0.1, 0.15) is 17.4 Å². The summed E-state index contributed by atoms with van der Waals surface area (Å²) in [5.41, 5.74) is 1.83. The summed E-state index contributed by atoms with van der Waals surface area (Å²) in [7, 11) is 0. The number of H-pyrrole nitrogens is 1.